The molecule has 0 aliphatic carbocycles. The average Bonchev–Trinajstić information content (AvgIpc) is 2.69. The summed E-state index contributed by atoms with van der Waals surface area (Å²) in [6, 6.07) is 8.56. The maximum absolute atomic E-state index is 12.8. The molecule has 2 rings (SSSR count). The SMILES string of the molecule is [N-]=[N+]=N[C@H]1C(=O)N(Cc2ccccc2)C[C@H]1CF. The first-order valence-corrected chi connectivity index (χ1v) is 5.69. The maximum Gasteiger partial charge on any atom is 0.232 e. The molecule has 1 fully saturated rings. The van der Waals surface area contributed by atoms with Crippen LogP contribution in [0, 0.1) is 5.92 Å². The summed E-state index contributed by atoms with van der Waals surface area (Å²) in [6.45, 7) is 0.0717. The highest BCUT2D eigenvalue weighted by Crippen LogP contribution is 2.24. The Bertz CT molecular complexity index is 472. The number of likely N-dealkylation sites (tertiary alicyclic amines) is 1. The lowest BCUT2D eigenvalue weighted by molar-refractivity contribution is -0.129. The number of alkyl halides is 1. The standard InChI is InChI=1S/C12H13FN4O/c13-6-10-8-17(12(18)11(10)15-16-14)7-9-4-2-1-3-5-9/h1-5,10-11H,6-8H2/t10-,11-/m1/s1. The first-order chi connectivity index (χ1) is 8.76. The Kier molecular flexibility index (Phi) is 3.79. The Balaban J connectivity index is 2.11. The van der Waals surface area contributed by atoms with E-state index in [1.54, 1.807) is 4.90 Å². The molecule has 1 aliphatic rings. The van der Waals surface area contributed by atoms with Gasteiger partial charge >= 0.3 is 0 Å². The second kappa shape index (κ2) is 5.51. The molecule has 1 saturated heterocycles. The fraction of sp³-hybridized carbons (Fsp3) is 0.417. The number of halogens is 1. The smallest absolute Gasteiger partial charge is 0.232 e. The van der Waals surface area contributed by atoms with Crippen LogP contribution >= 0.6 is 0 Å². The zero-order chi connectivity index (χ0) is 13.0. The number of carbonyl (C=O) groups excluding carboxylic acids is 1. The van der Waals surface area contributed by atoms with Gasteiger partial charge < -0.3 is 4.90 Å². The third-order valence-corrected chi connectivity index (χ3v) is 3.06. The van der Waals surface area contributed by atoms with E-state index in [1.165, 1.54) is 0 Å². The molecular weight excluding hydrogens is 235 g/mol. The third kappa shape index (κ3) is 2.43. The topological polar surface area (TPSA) is 69.1 Å². The van der Waals surface area contributed by atoms with Crippen LogP contribution in [0.3, 0.4) is 0 Å². The summed E-state index contributed by atoms with van der Waals surface area (Å²) < 4.78 is 12.8. The van der Waals surface area contributed by atoms with Gasteiger partial charge in [-0.05, 0) is 11.1 Å². The minimum atomic E-state index is -0.899. The van der Waals surface area contributed by atoms with Gasteiger partial charge in [0.2, 0.25) is 5.91 Å². The van der Waals surface area contributed by atoms with Crippen LogP contribution in [0.25, 0.3) is 10.4 Å². The first-order valence-electron chi connectivity index (χ1n) is 5.69. The van der Waals surface area contributed by atoms with Crippen LogP contribution in [0.2, 0.25) is 0 Å². The fourth-order valence-electron chi connectivity index (χ4n) is 2.14. The van der Waals surface area contributed by atoms with Crippen molar-refractivity contribution in [2.45, 2.75) is 12.6 Å². The van der Waals surface area contributed by atoms with Gasteiger partial charge in [0, 0.05) is 23.9 Å². The second-order valence-corrected chi connectivity index (χ2v) is 4.27. The molecule has 1 heterocycles. The molecule has 0 spiro atoms. The number of rotatable bonds is 4. The summed E-state index contributed by atoms with van der Waals surface area (Å²) in [5.74, 6) is -0.823. The fourth-order valence-corrected chi connectivity index (χ4v) is 2.14. The number of nitrogens with zero attached hydrogens (tertiary/aromatic N) is 4. The molecule has 0 bridgehead atoms. The monoisotopic (exact) mass is 248 g/mol. The summed E-state index contributed by atoms with van der Waals surface area (Å²) in [6.07, 6.45) is 0. The molecule has 0 unspecified atom stereocenters. The first kappa shape index (κ1) is 12.4. The normalized spacial score (nSPS) is 22.9. The van der Waals surface area contributed by atoms with E-state index in [9.17, 15) is 9.18 Å². The van der Waals surface area contributed by atoms with Crippen molar-refractivity contribution in [2.24, 2.45) is 11.0 Å². The molecule has 6 heteroatoms. The van der Waals surface area contributed by atoms with Crippen LogP contribution in [0.4, 0.5) is 4.39 Å². The second-order valence-electron chi connectivity index (χ2n) is 4.27. The van der Waals surface area contributed by atoms with Gasteiger partial charge in [0.1, 0.15) is 6.04 Å². The predicted molar refractivity (Wildman–Crippen MR) is 64.3 cm³/mol. The predicted octanol–water partition coefficient (Wildman–Crippen LogP) is 2.29. The molecule has 1 amide bonds. The molecule has 0 radical (unpaired) electrons. The molecule has 1 aromatic rings. The molecular formula is C12H13FN4O. The quantitative estimate of drug-likeness (QED) is 0.458. The van der Waals surface area contributed by atoms with Gasteiger partial charge in [-0.1, -0.05) is 35.4 Å². The molecule has 1 aromatic carbocycles. The van der Waals surface area contributed by atoms with Crippen molar-refractivity contribution in [3.05, 3.63) is 46.3 Å². The summed E-state index contributed by atoms with van der Waals surface area (Å²) in [5, 5.41) is 3.40. The molecule has 1 aliphatic heterocycles. The van der Waals surface area contributed by atoms with E-state index in [0.29, 0.717) is 13.1 Å². The highest BCUT2D eigenvalue weighted by molar-refractivity contribution is 5.84. The maximum atomic E-state index is 12.8. The highest BCUT2D eigenvalue weighted by atomic mass is 19.1. The van der Waals surface area contributed by atoms with E-state index in [4.69, 9.17) is 5.53 Å². The van der Waals surface area contributed by atoms with Crippen LogP contribution in [-0.2, 0) is 11.3 Å². The van der Waals surface area contributed by atoms with Crippen LogP contribution in [-0.4, -0.2) is 30.1 Å². The van der Waals surface area contributed by atoms with E-state index in [2.05, 4.69) is 10.0 Å². The van der Waals surface area contributed by atoms with Crippen LogP contribution in [0.1, 0.15) is 5.56 Å². The third-order valence-electron chi connectivity index (χ3n) is 3.06. The number of benzene rings is 1. The van der Waals surface area contributed by atoms with Gasteiger partial charge in [0.15, 0.2) is 0 Å². The van der Waals surface area contributed by atoms with Crippen LogP contribution in [0.15, 0.2) is 35.4 Å². The van der Waals surface area contributed by atoms with E-state index in [0.717, 1.165) is 5.56 Å². The lowest BCUT2D eigenvalue weighted by Crippen LogP contribution is -2.28. The molecule has 2 atom stereocenters. The molecule has 0 saturated carbocycles. The highest BCUT2D eigenvalue weighted by Gasteiger charge is 2.39. The van der Waals surface area contributed by atoms with Gasteiger partial charge in [-0.2, -0.15) is 0 Å². The van der Waals surface area contributed by atoms with Gasteiger partial charge in [-0.15, -0.1) is 0 Å². The summed E-state index contributed by atoms with van der Waals surface area (Å²) in [5.41, 5.74) is 9.38. The van der Waals surface area contributed by atoms with E-state index >= 15 is 0 Å². The van der Waals surface area contributed by atoms with Gasteiger partial charge in [-0.25, -0.2) is 0 Å². The van der Waals surface area contributed by atoms with Crippen molar-refractivity contribution in [1.82, 2.24) is 4.90 Å². The molecule has 94 valence electrons. The Morgan fingerprint density at radius 2 is 2.17 bits per heavy atom. The lowest BCUT2D eigenvalue weighted by atomic mass is 10.1. The van der Waals surface area contributed by atoms with E-state index < -0.39 is 18.6 Å². The van der Waals surface area contributed by atoms with Crippen molar-refractivity contribution in [3.63, 3.8) is 0 Å². The van der Waals surface area contributed by atoms with E-state index in [-0.39, 0.29) is 5.91 Å². The van der Waals surface area contributed by atoms with E-state index in [1.807, 2.05) is 30.3 Å². The Morgan fingerprint density at radius 1 is 1.44 bits per heavy atom. The number of carbonyl (C=O) groups is 1. The lowest BCUT2D eigenvalue weighted by Gasteiger charge is -2.16. The zero-order valence-electron chi connectivity index (χ0n) is 9.74. The number of amides is 1. The minimum absolute atomic E-state index is 0.292. The number of hydrogen-bond donors (Lipinski definition) is 0. The Morgan fingerprint density at radius 3 is 2.78 bits per heavy atom. The summed E-state index contributed by atoms with van der Waals surface area (Å²) in [7, 11) is 0. The number of azide groups is 1. The molecule has 5 nitrogen and oxygen atoms in total. The largest absolute Gasteiger partial charge is 0.338 e. The molecule has 0 N–H and O–H groups in total. The summed E-state index contributed by atoms with van der Waals surface area (Å²) in [4.78, 5) is 16.1. The zero-order valence-corrected chi connectivity index (χ0v) is 9.74. The minimum Gasteiger partial charge on any atom is -0.338 e. The Labute approximate surface area is 104 Å². The molecule has 0 aromatic heterocycles. The Hall–Kier alpha value is -2.07. The summed E-state index contributed by atoms with van der Waals surface area (Å²) >= 11 is 0. The van der Waals surface area contributed by atoms with Crippen molar-refractivity contribution in [1.29, 1.82) is 0 Å². The average molecular weight is 248 g/mol. The van der Waals surface area contributed by atoms with Crippen molar-refractivity contribution in [3.8, 4) is 0 Å². The number of hydrogen-bond acceptors (Lipinski definition) is 2. The van der Waals surface area contributed by atoms with Crippen molar-refractivity contribution >= 4 is 5.91 Å². The van der Waals surface area contributed by atoms with Crippen molar-refractivity contribution in [2.75, 3.05) is 13.2 Å². The van der Waals surface area contributed by atoms with Gasteiger partial charge in [0.25, 0.3) is 0 Å². The van der Waals surface area contributed by atoms with Crippen molar-refractivity contribution < 1.29 is 9.18 Å². The van der Waals surface area contributed by atoms with Gasteiger partial charge in [0.05, 0.1) is 6.67 Å². The van der Waals surface area contributed by atoms with Crippen LogP contribution in [0.5, 0.6) is 0 Å². The molecule has 18 heavy (non-hydrogen) atoms. The van der Waals surface area contributed by atoms with Crippen LogP contribution < -0.4 is 0 Å². The van der Waals surface area contributed by atoms with Gasteiger partial charge in [-0.3, -0.25) is 9.18 Å².